The van der Waals surface area contributed by atoms with Crippen LogP contribution in [0.25, 0.3) is 16.0 Å². The highest BCUT2D eigenvalue weighted by Crippen LogP contribution is 2.44. The van der Waals surface area contributed by atoms with Gasteiger partial charge in [0.05, 0.1) is 28.4 Å². The molecule has 1 unspecified atom stereocenters. The molecular formula is C28H24FN3O4S. The van der Waals surface area contributed by atoms with Crippen molar-refractivity contribution in [3.05, 3.63) is 89.2 Å². The average molecular weight is 518 g/mol. The lowest BCUT2D eigenvalue weighted by molar-refractivity contribution is -0.132. The summed E-state index contributed by atoms with van der Waals surface area (Å²) in [5.74, 6) is -1.80. The van der Waals surface area contributed by atoms with Gasteiger partial charge in [-0.3, -0.25) is 14.5 Å². The number of thiazole rings is 1. The number of halogens is 1. The SMILES string of the molecule is CCOc1ccc2nc(N3C(=O)C(=O)C(=C(O)c4ccc(F)cc4)C3c3ccc(N(C)C)cc3)sc2c1. The lowest BCUT2D eigenvalue weighted by atomic mass is 9.95. The van der Waals surface area contributed by atoms with Crippen LogP contribution in [-0.2, 0) is 9.59 Å². The van der Waals surface area contributed by atoms with Crippen LogP contribution >= 0.6 is 11.3 Å². The van der Waals surface area contributed by atoms with Gasteiger partial charge in [0.15, 0.2) is 5.13 Å². The van der Waals surface area contributed by atoms with E-state index in [1.807, 2.05) is 56.3 Å². The van der Waals surface area contributed by atoms with Crippen molar-refractivity contribution in [2.24, 2.45) is 0 Å². The van der Waals surface area contributed by atoms with Crippen LogP contribution < -0.4 is 14.5 Å². The predicted molar refractivity (Wildman–Crippen MR) is 143 cm³/mol. The quantitative estimate of drug-likeness (QED) is 0.206. The zero-order valence-electron chi connectivity index (χ0n) is 20.4. The van der Waals surface area contributed by atoms with Gasteiger partial charge >= 0.3 is 5.91 Å². The Bertz CT molecular complexity index is 1530. The van der Waals surface area contributed by atoms with Crippen molar-refractivity contribution >= 4 is 49.8 Å². The van der Waals surface area contributed by atoms with Crippen LogP contribution in [0.2, 0.25) is 0 Å². The molecule has 37 heavy (non-hydrogen) atoms. The third-order valence-electron chi connectivity index (χ3n) is 6.15. The molecule has 7 nitrogen and oxygen atoms in total. The summed E-state index contributed by atoms with van der Waals surface area (Å²) in [6, 6.07) is 17.0. The van der Waals surface area contributed by atoms with Gasteiger partial charge in [-0.2, -0.15) is 0 Å². The number of Topliss-reactive ketones (excluding diaryl/α,β-unsaturated/α-hetero) is 1. The van der Waals surface area contributed by atoms with E-state index in [0.29, 0.717) is 28.6 Å². The predicted octanol–water partition coefficient (Wildman–Crippen LogP) is 5.53. The van der Waals surface area contributed by atoms with Crippen molar-refractivity contribution in [3.63, 3.8) is 0 Å². The van der Waals surface area contributed by atoms with Gasteiger partial charge in [0.2, 0.25) is 0 Å². The number of carbonyl (C=O) groups excluding carboxylic acids is 2. The average Bonchev–Trinajstić information content (AvgIpc) is 3.42. The molecule has 188 valence electrons. The fraction of sp³-hybridized carbons (Fsp3) is 0.179. The molecule has 1 saturated heterocycles. The Morgan fingerprint density at radius 1 is 1.08 bits per heavy atom. The third-order valence-corrected chi connectivity index (χ3v) is 7.17. The van der Waals surface area contributed by atoms with E-state index >= 15 is 0 Å². The molecule has 1 aliphatic rings. The zero-order valence-corrected chi connectivity index (χ0v) is 21.3. The van der Waals surface area contributed by atoms with E-state index < -0.39 is 23.5 Å². The molecule has 2 heterocycles. The van der Waals surface area contributed by atoms with E-state index in [0.717, 1.165) is 10.4 Å². The normalized spacial score (nSPS) is 17.0. The first kappa shape index (κ1) is 24.5. The number of ether oxygens (including phenoxy) is 1. The number of aliphatic hydroxyl groups is 1. The molecule has 1 atom stereocenters. The van der Waals surface area contributed by atoms with Crippen molar-refractivity contribution < 1.29 is 23.8 Å². The number of ketones is 1. The number of rotatable bonds is 6. The molecule has 3 aromatic carbocycles. The van der Waals surface area contributed by atoms with Crippen LogP contribution in [-0.4, -0.2) is 42.5 Å². The molecule has 9 heteroatoms. The molecule has 1 N–H and O–H groups in total. The van der Waals surface area contributed by atoms with Crippen LogP contribution in [0, 0.1) is 5.82 Å². The molecule has 1 amide bonds. The Labute approximate surface area is 217 Å². The monoisotopic (exact) mass is 517 g/mol. The molecule has 0 aliphatic carbocycles. The lowest BCUT2D eigenvalue weighted by Crippen LogP contribution is -2.29. The summed E-state index contributed by atoms with van der Waals surface area (Å²) in [4.78, 5) is 34.7. The van der Waals surface area contributed by atoms with Crippen molar-refractivity contribution in [2.75, 3.05) is 30.5 Å². The van der Waals surface area contributed by atoms with Crippen LogP contribution in [0.4, 0.5) is 15.2 Å². The topological polar surface area (TPSA) is 83.0 Å². The van der Waals surface area contributed by atoms with Crippen LogP contribution in [0.3, 0.4) is 0 Å². The summed E-state index contributed by atoms with van der Waals surface area (Å²) in [5.41, 5.74) is 2.37. The Kier molecular flexibility index (Phi) is 6.39. The summed E-state index contributed by atoms with van der Waals surface area (Å²) in [6.07, 6.45) is 0. The highest BCUT2D eigenvalue weighted by Gasteiger charge is 2.48. The van der Waals surface area contributed by atoms with Crippen LogP contribution in [0.15, 0.2) is 72.3 Å². The van der Waals surface area contributed by atoms with Gasteiger partial charge in [-0.25, -0.2) is 9.37 Å². The molecule has 1 aliphatic heterocycles. The van der Waals surface area contributed by atoms with Gasteiger partial charge in [-0.05, 0) is 67.1 Å². The van der Waals surface area contributed by atoms with Gasteiger partial charge in [0.25, 0.3) is 5.78 Å². The maximum Gasteiger partial charge on any atom is 0.301 e. The molecule has 0 spiro atoms. The van der Waals surface area contributed by atoms with Gasteiger partial charge in [-0.15, -0.1) is 0 Å². The molecule has 1 aromatic heterocycles. The van der Waals surface area contributed by atoms with Gasteiger partial charge in [0, 0.05) is 25.3 Å². The maximum absolute atomic E-state index is 13.5. The number of fused-ring (bicyclic) bond motifs is 1. The number of amides is 1. The van der Waals surface area contributed by atoms with Gasteiger partial charge in [0.1, 0.15) is 17.3 Å². The van der Waals surface area contributed by atoms with E-state index in [9.17, 15) is 19.1 Å². The molecule has 4 aromatic rings. The van der Waals surface area contributed by atoms with E-state index in [1.165, 1.54) is 40.5 Å². The fourth-order valence-corrected chi connectivity index (χ4v) is 5.34. The number of carbonyl (C=O) groups is 2. The minimum atomic E-state index is -0.923. The zero-order chi connectivity index (χ0) is 26.3. The molecule has 0 saturated carbocycles. The number of aliphatic hydroxyl groups excluding tert-OH is 1. The number of aromatic nitrogens is 1. The minimum absolute atomic E-state index is 0.0801. The number of nitrogens with zero attached hydrogens (tertiary/aromatic N) is 3. The third kappa shape index (κ3) is 4.42. The largest absolute Gasteiger partial charge is 0.507 e. The second-order valence-electron chi connectivity index (χ2n) is 8.72. The molecular weight excluding hydrogens is 493 g/mol. The Balaban J connectivity index is 1.68. The summed E-state index contributed by atoms with van der Waals surface area (Å²) < 4.78 is 19.9. The lowest BCUT2D eigenvalue weighted by Gasteiger charge is -2.23. The Hall–Kier alpha value is -4.24. The fourth-order valence-electron chi connectivity index (χ4n) is 4.32. The highest BCUT2D eigenvalue weighted by molar-refractivity contribution is 7.22. The molecule has 1 fully saturated rings. The second-order valence-corrected chi connectivity index (χ2v) is 9.73. The van der Waals surface area contributed by atoms with E-state index in [-0.39, 0.29) is 16.9 Å². The standard InChI is InChI=1S/C28H24FN3O4S/c1-4-36-20-13-14-21-22(15-20)37-28(30-21)32-24(16-7-11-19(12-8-16)31(2)3)23(26(34)27(32)35)25(33)17-5-9-18(29)10-6-17/h5-15,24,33H,4H2,1-3H3. The number of benzene rings is 3. The number of anilines is 2. The summed E-state index contributed by atoms with van der Waals surface area (Å²) in [7, 11) is 3.82. The maximum atomic E-state index is 13.5. The first-order valence-corrected chi connectivity index (χ1v) is 12.5. The van der Waals surface area contributed by atoms with Crippen molar-refractivity contribution in [1.82, 2.24) is 4.98 Å². The highest BCUT2D eigenvalue weighted by atomic mass is 32.1. The first-order valence-electron chi connectivity index (χ1n) is 11.7. The van der Waals surface area contributed by atoms with Crippen molar-refractivity contribution in [1.29, 1.82) is 0 Å². The van der Waals surface area contributed by atoms with Crippen LogP contribution in [0.5, 0.6) is 5.75 Å². The van der Waals surface area contributed by atoms with Crippen molar-refractivity contribution in [3.8, 4) is 5.75 Å². The van der Waals surface area contributed by atoms with Crippen LogP contribution in [0.1, 0.15) is 24.1 Å². The van der Waals surface area contributed by atoms with Gasteiger partial charge < -0.3 is 14.7 Å². The second kappa shape index (κ2) is 9.67. The Morgan fingerprint density at radius 2 is 1.78 bits per heavy atom. The molecule has 5 rings (SSSR count). The smallest absolute Gasteiger partial charge is 0.301 e. The van der Waals surface area contributed by atoms with Crippen molar-refractivity contribution in [2.45, 2.75) is 13.0 Å². The van der Waals surface area contributed by atoms with E-state index in [1.54, 1.807) is 12.1 Å². The summed E-state index contributed by atoms with van der Waals surface area (Å²) in [6.45, 7) is 2.41. The number of hydrogen-bond donors (Lipinski definition) is 1. The van der Waals surface area contributed by atoms with Gasteiger partial charge in [-0.1, -0.05) is 23.5 Å². The van der Waals surface area contributed by atoms with E-state index in [4.69, 9.17) is 4.74 Å². The molecule has 0 radical (unpaired) electrons. The minimum Gasteiger partial charge on any atom is -0.507 e. The van der Waals surface area contributed by atoms with E-state index in [2.05, 4.69) is 4.98 Å². The first-order chi connectivity index (χ1) is 17.8. The molecule has 0 bridgehead atoms. The summed E-state index contributed by atoms with van der Waals surface area (Å²) >= 11 is 1.26. The summed E-state index contributed by atoms with van der Waals surface area (Å²) in [5, 5.41) is 11.5. The Morgan fingerprint density at radius 3 is 2.43 bits per heavy atom. The number of hydrogen-bond acceptors (Lipinski definition) is 7.